The number of amides is 1. The van der Waals surface area contributed by atoms with Gasteiger partial charge in [0, 0.05) is 6.92 Å². The van der Waals surface area contributed by atoms with Crippen LogP contribution in [0.1, 0.15) is 12.5 Å². The zero-order valence-electron chi connectivity index (χ0n) is 14.7. The summed E-state index contributed by atoms with van der Waals surface area (Å²) in [6.45, 7) is 1.30. The highest BCUT2D eigenvalue weighted by atomic mass is 16.6. The van der Waals surface area contributed by atoms with Gasteiger partial charge in [0.25, 0.3) is 5.91 Å². The molecule has 0 fully saturated rings. The summed E-state index contributed by atoms with van der Waals surface area (Å²) in [6, 6.07) is 12.3. The molecule has 1 aromatic heterocycles. The number of aromatic nitrogens is 3. The molecule has 27 heavy (non-hydrogen) atoms. The van der Waals surface area contributed by atoms with Crippen molar-refractivity contribution in [2.75, 3.05) is 7.11 Å². The third kappa shape index (κ3) is 4.46. The summed E-state index contributed by atoms with van der Waals surface area (Å²) in [7, 11) is 1.47. The van der Waals surface area contributed by atoms with Crippen molar-refractivity contribution in [3.63, 3.8) is 0 Å². The number of esters is 1. The number of methoxy groups -OCH3 is 1. The Morgan fingerprint density at radius 3 is 2.81 bits per heavy atom. The average Bonchev–Trinajstić information content (AvgIpc) is 3.05. The number of hydrazone groups is 1. The number of hydrogen-bond donors (Lipinski definition) is 1. The fourth-order valence-corrected chi connectivity index (χ4v) is 2.39. The van der Waals surface area contributed by atoms with E-state index in [0.717, 1.165) is 5.52 Å². The normalized spacial score (nSPS) is 10.9. The van der Waals surface area contributed by atoms with Gasteiger partial charge in [0.2, 0.25) is 0 Å². The number of rotatable bonds is 6. The summed E-state index contributed by atoms with van der Waals surface area (Å²) in [5.74, 6) is -0.0909. The predicted octanol–water partition coefficient (Wildman–Crippen LogP) is 1.52. The molecule has 0 saturated heterocycles. The monoisotopic (exact) mass is 367 g/mol. The highest BCUT2D eigenvalue weighted by Gasteiger charge is 2.09. The third-order valence-corrected chi connectivity index (χ3v) is 3.56. The fraction of sp³-hybridized carbons (Fsp3) is 0.167. The molecule has 9 nitrogen and oxygen atoms in total. The molecule has 138 valence electrons. The summed E-state index contributed by atoms with van der Waals surface area (Å²) in [5.41, 5.74) is 4.58. The Hall–Kier alpha value is -3.75. The zero-order chi connectivity index (χ0) is 19.2. The predicted molar refractivity (Wildman–Crippen MR) is 97.6 cm³/mol. The molecule has 9 heteroatoms. The number of hydrogen-bond acceptors (Lipinski definition) is 7. The minimum absolute atomic E-state index is 0.00738. The second-order valence-electron chi connectivity index (χ2n) is 5.53. The second kappa shape index (κ2) is 8.09. The molecule has 3 aromatic rings. The first-order valence-electron chi connectivity index (χ1n) is 8.03. The van der Waals surface area contributed by atoms with E-state index in [9.17, 15) is 9.59 Å². The van der Waals surface area contributed by atoms with Gasteiger partial charge in [-0.1, -0.05) is 17.3 Å². The Bertz CT molecular complexity index is 1010. The van der Waals surface area contributed by atoms with Gasteiger partial charge in [0.05, 0.1) is 18.8 Å². The summed E-state index contributed by atoms with van der Waals surface area (Å²) in [5, 5.41) is 11.9. The van der Waals surface area contributed by atoms with Crippen LogP contribution in [0.2, 0.25) is 0 Å². The second-order valence-corrected chi connectivity index (χ2v) is 5.53. The maximum atomic E-state index is 12.0. The van der Waals surface area contributed by atoms with E-state index in [1.807, 2.05) is 24.3 Å². The lowest BCUT2D eigenvalue weighted by atomic mass is 10.2. The first kappa shape index (κ1) is 18.1. The molecule has 3 rings (SSSR count). The van der Waals surface area contributed by atoms with Crippen LogP contribution < -0.4 is 14.9 Å². The number of ether oxygens (including phenoxy) is 2. The maximum absolute atomic E-state index is 12.0. The Morgan fingerprint density at radius 1 is 1.22 bits per heavy atom. The molecule has 0 bridgehead atoms. The van der Waals surface area contributed by atoms with Gasteiger partial charge >= 0.3 is 5.97 Å². The van der Waals surface area contributed by atoms with Crippen LogP contribution >= 0.6 is 0 Å². The van der Waals surface area contributed by atoms with Gasteiger partial charge in [-0.15, -0.1) is 5.10 Å². The summed E-state index contributed by atoms with van der Waals surface area (Å²) in [6.07, 6.45) is 1.46. The van der Waals surface area contributed by atoms with Crippen molar-refractivity contribution in [3.05, 3.63) is 48.0 Å². The van der Waals surface area contributed by atoms with Crippen molar-refractivity contribution in [2.24, 2.45) is 5.10 Å². The minimum atomic E-state index is -0.442. The number of para-hydroxylation sites is 1. The van der Waals surface area contributed by atoms with Crippen LogP contribution in [-0.2, 0) is 16.1 Å². The van der Waals surface area contributed by atoms with Crippen LogP contribution in [-0.4, -0.2) is 40.2 Å². The van der Waals surface area contributed by atoms with Crippen molar-refractivity contribution in [3.8, 4) is 11.5 Å². The summed E-state index contributed by atoms with van der Waals surface area (Å²) < 4.78 is 11.7. The quantitative estimate of drug-likeness (QED) is 0.306. The average molecular weight is 367 g/mol. The van der Waals surface area contributed by atoms with Crippen LogP contribution in [0.15, 0.2) is 47.6 Å². The number of nitrogens with one attached hydrogen (secondary N) is 1. The van der Waals surface area contributed by atoms with E-state index < -0.39 is 5.97 Å². The van der Waals surface area contributed by atoms with E-state index in [-0.39, 0.29) is 12.5 Å². The number of fused-ring (bicyclic) bond motifs is 1. The molecule has 0 unspecified atom stereocenters. The van der Waals surface area contributed by atoms with Crippen LogP contribution in [0.5, 0.6) is 11.5 Å². The van der Waals surface area contributed by atoms with Gasteiger partial charge in [0.15, 0.2) is 11.5 Å². The van der Waals surface area contributed by atoms with Crippen LogP contribution in [0.25, 0.3) is 11.0 Å². The molecule has 1 heterocycles. The van der Waals surface area contributed by atoms with Gasteiger partial charge in [-0.05, 0) is 35.9 Å². The Kier molecular flexibility index (Phi) is 5.41. The highest BCUT2D eigenvalue weighted by Crippen LogP contribution is 2.27. The topological polar surface area (TPSA) is 108 Å². The first-order valence-corrected chi connectivity index (χ1v) is 8.03. The number of nitrogens with zero attached hydrogens (tertiary/aromatic N) is 4. The first-order chi connectivity index (χ1) is 13.1. The smallest absolute Gasteiger partial charge is 0.308 e. The molecule has 0 atom stereocenters. The fourth-order valence-electron chi connectivity index (χ4n) is 2.39. The molecule has 0 radical (unpaired) electrons. The van der Waals surface area contributed by atoms with Crippen molar-refractivity contribution >= 4 is 29.1 Å². The molecule has 0 aliphatic rings. The van der Waals surface area contributed by atoms with E-state index in [2.05, 4.69) is 20.8 Å². The Balaban J connectivity index is 1.63. The molecule has 0 aliphatic carbocycles. The lowest BCUT2D eigenvalue weighted by Crippen LogP contribution is -2.23. The van der Waals surface area contributed by atoms with Gasteiger partial charge in [0.1, 0.15) is 12.1 Å². The van der Waals surface area contributed by atoms with Gasteiger partial charge in [-0.3, -0.25) is 9.59 Å². The molecular weight excluding hydrogens is 350 g/mol. The molecule has 0 saturated carbocycles. The number of carbonyl (C=O) groups excluding carboxylic acids is 2. The SMILES string of the molecule is COc1cc(C=NNC(=O)Cn2nnc3ccccc32)ccc1OC(C)=O. The van der Waals surface area contributed by atoms with Crippen LogP contribution in [0, 0.1) is 0 Å². The van der Waals surface area contributed by atoms with Crippen LogP contribution in [0.4, 0.5) is 0 Å². The highest BCUT2D eigenvalue weighted by molar-refractivity contribution is 5.84. The van der Waals surface area contributed by atoms with Crippen molar-refractivity contribution in [1.82, 2.24) is 20.4 Å². The molecular formula is C18H17N5O4. The van der Waals surface area contributed by atoms with Gasteiger partial charge in [-0.2, -0.15) is 5.10 Å². The van der Waals surface area contributed by atoms with E-state index >= 15 is 0 Å². The van der Waals surface area contributed by atoms with E-state index in [1.54, 1.807) is 18.2 Å². The van der Waals surface area contributed by atoms with Crippen molar-refractivity contribution in [2.45, 2.75) is 13.5 Å². The van der Waals surface area contributed by atoms with Crippen molar-refractivity contribution < 1.29 is 19.1 Å². The summed E-state index contributed by atoms with van der Waals surface area (Å²) in [4.78, 5) is 23.1. The molecule has 2 aromatic carbocycles. The van der Waals surface area contributed by atoms with E-state index in [0.29, 0.717) is 22.6 Å². The number of carbonyl (C=O) groups is 2. The number of benzene rings is 2. The van der Waals surface area contributed by atoms with E-state index in [4.69, 9.17) is 9.47 Å². The lowest BCUT2D eigenvalue weighted by molar-refractivity contribution is -0.132. The van der Waals surface area contributed by atoms with Gasteiger partial charge in [-0.25, -0.2) is 10.1 Å². The largest absolute Gasteiger partial charge is 0.493 e. The minimum Gasteiger partial charge on any atom is -0.493 e. The van der Waals surface area contributed by atoms with Crippen LogP contribution in [0.3, 0.4) is 0 Å². The lowest BCUT2D eigenvalue weighted by Gasteiger charge is -2.08. The third-order valence-electron chi connectivity index (χ3n) is 3.56. The Labute approximate surface area is 154 Å². The standard InChI is InChI=1S/C18H17N5O4/c1-12(24)27-16-8-7-13(9-17(16)26-2)10-19-21-18(25)11-23-15-6-4-3-5-14(15)20-22-23/h3-10H,11H2,1-2H3,(H,21,25). The molecule has 0 spiro atoms. The molecule has 1 N–H and O–H groups in total. The van der Waals surface area contributed by atoms with E-state index in [1.165, 1.54) is 24.9 Å². The Morgan fingerprint density at radius 2 is 2.04 bits per heavy atom. The molecule has 1 amide bonds. The summed E-state index contributed by atoms with van der Waals surface area (Å²) >= 11 is 0. The zero-order valence-corrected chi connectivity index (χ0v) is 14.7. The van der Waals surface area contributed by atoms with Crippen molar-refractivity contribution in [1.29, 1.82) is 0 Å². The molecule has 0 aliphatic heterocycles. The maximum Gasteiger partial charge on any atom is 0.308 e. The van der Waals surface area contributed by atoms with Gasteiger partial charge < -0.3 is 9.47 Å².